The van der Waals surface area contributed by atoms with Crippen LogP contribution in [-0.2, 0) is 13.1 Å². The summed E-state index contributed by atoms with van der Waals surface area (Å²) >= 11 is 7.51. The number of nitro benzene ring substituents is 1. The van der Waals surface area contributed by atoms with E-state index in [1.165, 1.54) is 23.5 Å². The lowest BCUT2D eigenvalue weighted by molar-refractivity contribution is -0.384. The van der Waals surface area contributed by atoms with Crippen LogP contribution in [0, 0.1) is 10.1 Å². The standard InChI is InChI=1S/C11H10ClN3O2S/c12-11-2-1-10(15(16)17)3-8(11)4-13-5-9-6-18-7-14-9/h1-3,6-7,13H,4-5H2. The normalized spacial score (nSPS) is 10.5. The van der Waals surface area contributed by atoms with Crippen molar-refractivity contribution in [3.8, 4) is 0 Å². The van der Waals surface area contributed by atoms with E-state index < -0.39 is 4.92 Å². The summed E-state index contributed by atoms with van der Waals surface area (Å²) < 4.78 is 0. The smallest absolute Gasteiger partial charge is 0.269 e. The van der Waals surface area contributed by atoms with Gasteiger partial charge in [-0.2, -0.15) is 0 Å². The van der Waals surface area contributed by atoms with Gasteiger partial charge in [-0.1, -0.05) is 11.6 Å². The van der Waals surface area contributed by atoms with Crippen molar-refractivity contribution in [1.82, 2.24) is 10.3 Å². The fourth-order valence-corrected chi connectivity index (χ4v) is 2.20. The van der Waals surface area contributed by atoms with Crippen LogP contribution in [0.1, 0.15) is 11.3 Å². The van der Waals surface area contributed by atoms with E-state index in [0.29, 0.717) is 23.7 Å². The number of rotatable bonds is 5. The monoisotopic (exact) mass is 283 g/mol. The number of aromatic nitrogens is 1. The molecule has 0 aliphatic heterocycles. The van der Waals surface area contributed by atoms with E-state index in [-0.39, 0.29) is 5.69 Å². The number of thiazole rings is 1. The molecule has 7 heteroatoms. The Morgan fingerprint density at radius 2 is 2.28 bits per heavy atom. The number of hydrogen-bond donors (Lipinski definition) is 1. The summed E-state index contributed by atoms with van der Waals surface area (Å²) in [5, 5.41) is 16.3. The molecule has 94 valence electrons. The molecule has 0 spiro atoms. The highest BCUT2D eigenvalue weighted by atomic mass is 35.5. The van der Waals surface area contributed by atoms with E-state index in [1.54, 1.807) is 11.6 Å². The number of halogens is 1. The second-order valence-corrected chi connectivity index (χ2v) is 4.74. The number of hydrogen-bond acceptors (Lipinski definition) is 5. The van der Waals surface area contributed by atoms with Crippen molar-refractivity contribution in [3.05, 3.63) is 55.5 Å². The summed E-state index contributed by atoms with van der Waals surface area (Å²) in [6.07, 6.45) is 0. The van der Waals surface area contributed by atoms with Gasteiger partial charge in [0.05, 0.1) is 16.1 Å². The van der Waals surface area contributed by atoms with E-state index in [2.05, 4.69) is 10.3 Å². The maximum absolute atomic E-state index is 10.7. The highest BCUT2D eigenvalue weighted by molar-refractivity contribution is 7.07. The van der Waals surface area contributed by atoms with Crippen LogP contribution in [0.15, 0.2) is 29.1 Å². The van der Waals surface area contributed by atoms with Gasteiger partial charge >= 0.3 is 0 Å². The lowest BCUT2D eigenvalue weighted by Crippen LogP contribution is -2.13. The molecule has 2 rings (SSSR count). The lowest BCUT2D eigenvalue weighted by Gasteiger charge is -2.05. The third kappa shape index (κ3) is 3.25. The molecule has 1 N–H and O–H groups in total. The van der Waals surface area contributed by atoms with Crippen molar-refractivity contribution >= 4 is 28.6 Å². The highest BCUT2D eigenvalue weighted by Gasteiger charge is 2.09. The van der Waals surface area contributed by atoms with Crippen molar-refractivity contribution in [2.24, 2.45) is 0 Å². The van der Waals surface area contributed by atoms with Crippen molar-refractivity contribution in [2.75, 3.05) is 0 Å². The van der Waals surface area contributed by atoms with Gasteiger partial charge in [0.2, 0.25) is 0 Å². The first kappa shape index (κ1) is 12.9. The summed E-state index contributed by atoms with van der Waals surface area (Å²) in [5.41, 5.74) is 3.46. The van der Waals surface area contributed by atoms with Crippen LogP contribution in [0.4, 0.5) is 5.69 Å². The average Bonchev–Trinajstić information content (AvgIpc) is 2.84. The average molecular weight is 284 g/mol. The van der Waals surface area contributed by atoms with Gasteiger partial charge in [-0.25, -0.2) is 4.98 Å². The molecule has 0 saturated heterocycles. The van der Waals surface area contributed by atoms with Crippen LogP contribution >= 0.6 is 22.9 Å². The molecule has 0 aliphatic carbocycles. The highest BCUT2D eigenvalue weighted by Crippen LogP contribution is 2.21. The van der Waals surface area contributed by atoms with Gasteiger partial charge in [0.25, 0.3) is 5.69 Å². The molecule has 0 saturated carbocycles. The maximum Gasteiger partial charge on any atom is 0.269 e. The molecule has 0 atom stereocenters. The van der Waals surface area contributed by atoms with Crippen LogP contribution in [0.3, 0.4) is 0 Å². The second kappa shape index (κ2) is 5.90. The molecule has 0 aliphatic rings. The fourth-order valence-electron chi connectivity index (χ4n) is 1.46. The Kier molecular flexibility index (Phi) is 4.24. The Hall–Kier alpha value is -1.50. The van der Waals surface area contributed by atoms with Crippen LogP contribution in [-0.4, -0.2) is 9.91 Å². The zero-order valence-corrected chi connectivity index (χ0v) is 10.9. The molecule has 0 unspecified atom stereocenters. The number of nitrogens with one attached hydrogen (secondary N) is 1. The second-order valence-electron chi connectivity index (χ2n) is 3.62. The quantitative estimate of drug-likeness (QED) is 0.676. The van der Waals surface area contributed by atoms with Gasteiger partial charge in [-0.05, 0) is 11.6 Å². The molecule has 1 aromatic heterocycles. The Balaban J connectivity index is 2.00. The molecule has 18 heavy (non-hydrogen) atoms. The molecular weight excluding hydrogens is 274 g/mol. The van der Waals surface area contributed by atoms with Crippen molar-refractivity contribution < 1.29 is 4.92 Å². The molecule has 0 bridgehead atoms. The van der Waals surface area contributed by atoms with Gasteiger partial charge in [-0.3, -0.25) is 10.1 Å². The largest absolute Gasteiger partial charge is 0.307 e. The number of benzene rings is 1. The molecule has 5 nitrogen and oxygen atoms in total. The van der Waals surface area contributed by atoms with Crippen molar-refractivity contribution in [1.29, 1.82) is 0 Å². The molecular formula is C11H10ClN3O2S. The molecule has 0 radical (unpaired) electrons. The Morgan fingerprint density at radius 3 is 2.94 bits per heavy atom. The van der Waals surface area contributed by atoms with Crippen molar-refractivity contribution in [3.63, 3.8) is 0 Å². The molecule has 1 heterocycles. The van der Waals surface area contributed by atoms with E-state index in [1.807, 2.05) is 5.38 Å². The summed E-state index contributed by atoms with van der Waals surface area (Å²) in [5.74, 6) is 0. The number of non-ortho nitro benzene ring substituents is 1. The zero-order valence-electron chi connectivity index (χ0n) is 9.30. The first-order valence-corrected chi connectivity index (χ1v) is 6.49. The van der Waals surface area contributed by atoms with Gasteiger partial charge in [0.1, 0.15) is 0 Å². The molecule has 0 amide bonds. The molecule has 2 aromatic rings. The number of nitrogens with zero attached hydrogens (tertiary/aromatic N) is 2. The lowest BCUT2D eigenvalue weighted by atomic mass is 10.2. The number of nitro groups is 1. The van der Waals surface area contributed by atoms with E-state index in [0.717, 1.165) is 5.69 Å². The van der Waals surface area contributed by atoms with Gasteiger partial charge in [-0.15, -0.1) is 11.3 Å². The topological polar surface area (TPSA) is 68.1 Å². The first-order chi connectivity index (χ1) is 8.66. The van der Waals surface area contributed by atoms with E-state index in [4.69, 9.17) is 11.6 Å². The third-order valence-electron chi connectivity index (χ3n) is 2.35. The van der Waals surface area contributed by atoms with Crippen molar-refractivity contribution in [2.45, 2.75) is 13.1 Å². The zero-order chi connectivity index (χ0) is 13.0. The SMILES string of the molecule is O=[N+]([O-])c1ccc(Cl)c(CNCc2cscn2)c1. The van der Waals surface area contributed by atoms with Crippen LogP contribution in [0.5, 0.6) is 0 Å². The maximum atomic E-state index is 10.7. The molecule has 0 fully saturated rings. The molecule has 1 aromatic carbocycles. The van der Waals surface area contributed by atoms with Crippen LogP contribution in [0.2, 0.25) is 5.02 Å². The van der Waals surface area contributed by atoms with Crippen LogP contribution in [0.25, 0.3) is 0 Å². The Morgan fingerprint density at radius 1 is 1.44 bits per heavy atom. The van der Waals surface area contributed by atoms with Crippen LogP contribution < -0.4 is 5.32 Å². The minimum absolute atomic E-state index is 0.0462. The third-order valence-corrected chi connectivity index (χ3v) is 3.35. The summed E-state index contributed by atoms with van der Waals surface area (Å²) in [7, 11) is 0. The summed E-state index contributed by atoms with van der Waals surface area (Å²) in [4.78, 5) is 14.4. The van der Waals surface area contributed by atoms with Gasteiger partial charge in [0, 0.05) is 35.6 Å². The first-order valence-electron chi connectivity index (χ1n) is 5.17. The van der Waals surface area contributed by atoms with Gasteiger partial charge < -0.3 is 5.32 Å². The minimum atomic E-state index is -0.430. The Bertz CT molecular complexity index is 545. The predicted molar refractivity (Wildman–Crippen MR) is 70.8 cm³/mol. The summed E-state index contributed by atoms with van der Waals surface area (Å²) in [6, 6.07) is 4.42. The summed E-state index contributed by atoms with van der Waals surface area (Å²) in [6.45, 7) is 1.08. The fraction of sp³-hybridized carbons (Fsp3) is 0.182. The van der Waals surface area contributed by atoms with E-state index >= 15 is 0 Å². The van der Waals surface area contributed by atoms with Gasteiger partial charge in [0.15, 0.2) is 0 Å². The minimum Gasteiger partial charge on any atom is -0.307 e. The predicted octanol–water partition coefficient (Wildman–Crippen LogP) is 2.99. The van der Waals surface area contributed by atoms with E-state index in [9.17, 15) is 10.1 Å². The Labute approximate surface area is 113 Å².